The molecule has 0 bridgehead atoms. The molecular weight excluding hydrogens is 336 g/mol. The first-order valence-corrected chi connectivity index (χ1v) is 8.40. The van der Waals surface area contributed by atoms with Crippen LogP contribution >= 0.6 is 22.9 Å². The fourth-order valence-electron chi connectivity index (χ4n) is 3.11. The van der Waals surface area contributed by atoms with Crippen LogP contribution in [0.2, 0.25) is 5.02 Å². The third kappa shape index (κ3) is 2.17. The Morgan fingerprint density at radius 1 is 1.13 bits per heavy atom. The SMILES string of the molecule is CN1C(=O)[C@@H]2[C@H](ON(c3ccc(Cl)cc3)[C@H]2c2cccs2)C1=O. The summed E-state index contributed by atoms with van der Waals surface area (Å²) in [7, 11) is 1.50. The summed E-state index contributed by atoms with van der Waals surface area (Å²) in [6.07, 6.45) is -0.768. The quantitative estimate of drug-likeness (QED) is 0.783. The number of thiophene rings is 1. The van der Waals surface area contributed by atoms with Crippen LogP contribution in [0.5, 0.6) is 0 Å². The Kier molecular flexibility index (Phi) is 3.41. The molecule has 2 aromatic rings. The normalized spacial score (nSPS) is 27.0. The van der Waals surface area contributed by atoms with Crippen LogP contribution in [-0.2, 0) is 14.4 Å². The maximum Gasteiger partial charge on any atom is 0.261 e. The molecule has 7 heteroatoms. The molecule has 3 heterocycles. The van der Waals surface area contributed by atoms with Gasteiger partial charge in [0.15, 0.2) is 6.10 Å². The molecule has 1 aromatic carbocycles. The molecule has 0 aliphatic carbocycles. The average Bonchev–Trinajstić information content (AvgIpc) is 3.24. The molecule has 2 fully saturated rings. The summed E-state index contributed by atoms with van der Waals surface area (Å²) in [6, 6.07) is 10.7. The Labute approximate surface area is 142 Å². The Hall–Kier alpha value is -1.89. The van der Waals surface area contributed by atoms with Crippen molar-refractivity contribution in [2.24, 2.45) is 5.92 Å². The highest BCUT2D eigenvalue weighted by Gasteiger charge is 2.59. The number of anilines is 1. The molecule has 2 aliphatic heterocycles. The predicted octanol–water partition coefficient (Wildman–Crippen LogP) is 2.88. The zero-order valence-electron chi connectivity index (χ0n) is 12.2. The zero-order chi connectivity index (χ0) is 16.1. The molecule has 2 amide bonds. The van der Waals surface area contributed by atoms with Gasteiger partial charge >= 0.3 is 0 Å². The van der Waals surface area contributed by atoms with Crippen molar-refractivity contribution < 1.29 is 14.4 Å². The maximum atomic E-state index is 12.5. The fourth-order valence-corrected chi connectivity index (χ4v) is 4.09. The van der Waals surface area contributed by atoms with Crippen LogP contribution in [0.25, 0.3) is 0 Å². The summed E-state index contributed by atoms with van der Waals surface area (Å²) in [4.78, 5) is 32.8. The zero-order valence-corrected chi connectivity index (χ0v) is 13.8. The number of fused-ring (bicyclic) bond motifs is 1. The molecule has 0 saturated carbocycles. The van der Waals surface area contributed by atoms with Gasteiger partial charge in [0, 0.05) is 16.9 Å². The van der Waals surface area contributed by atoms with Gasteiger partial charge in [-0.05, 0) is 35.7 Å². The molecule has 118 valence electrons. The largest absolute Gasteiger partial charge is 0.283 e. The number of likely N-dealkylation sites (tertiary alicyclic amines) is 1. The van der Waals surface area contributed by atoms with Crippen LogP contribution in [0.15, 0.2) is 41.8 Å². The number of rotatable bonds is 2. The molecule has 0 spiro atoms. The molecule has 3 atom stereocenters. The van der Waals surface area contributed by atoms with E-state index in [1.165, 1.54) is 7.05 Å². The summed E-state index contributed by atoms with van der Waals surface area (Å²) < 4.78 is 0. The smallest absolute Gasteiger partial charge is 0.261 e. The Morgan fingerprint density at radius 2 is 1.87 bits per heavy atom. The van der Waals surface area contributed by atoms with Crippen molar-refractivity contribution in [3.8, 4) is 0 Å². The molecule has 0 radical (unpaired) electrons. The topological polar surface area (TPSA) is 49.9 Å². The minimum Gasteiger partial charge on any atom is -0.283 e. The summed E-state index contributed by atoms with van der Waals surface area (Å²) in [5.41, 5.74) is 0.769. The summed E-state index contributed by atoms with van der Waals surface area (Å²) in [6.45, 7) is 0. The molecule has 1 aromatic heterocycles. The van der Waals surface area contributed by atoms with Gasteiger partial charge in [-0.2, -0.15) is 0 Å². The standard InChI is InChI=1S/C16H13ClN2O3S/c1-18-15(20)12-13(11-3-2-8-23-11)19(22-14(12)16(18)21)10-6-4-9(17)5-7-10/h2-8,12-14H,1H3/t12-,13-,14-/m0/s1. The van der Waals surface area contributed by atoms with E-state index in [9.17, 15) is 9.59 Å². The summed E-state index contributed by atoms with van der Waals surface area (Å²) >= 11 is 7.49. The van der Waals surface area contributed by atoms with E-state index in [-0.39, 0.29) is 17.9 Å². The number of nitrogens with zero attached hydrogens (tertiary/aromatic N) is 2. The molecular formula is C16H13ClN2O3S. The Morgan fingerprint density at radius 3 is 2.52 bits per heavy atom. The third-order valence-corrected chi connectivity index (χ3v) is 5.45. The van der Waals surface area contributed by atoms with Gasteiger partial charge in [-0.15, -0.1) is 11.3 Å². The van der Waals surface area contributed by atoms with Gasteiger partial charge in [-0.1, -0.05) is 17.7 Å². The van der Waals surface area contributed by atoms with Gasteiger partial charge in [0.05, 0.1) is 5.69 Å². The van der Waals surface area contributed by atoms with E-state index < -0.39 is 12.0 Å². The third-order valence-electron chi connectivity index (χ3n) is 4.25. The van der Waals surface area contributed by atoms with Crippen molar-refractivity contribution in [3.63, 3.8) is 0 Å². The molecule has 0 N–H and O–H groups in total. The average molecular weight is 349 g/mol. The molecule has 2 saturated heterocycles. The van der Waals surface area contributed by atoms with E-state index in [2.05, 4.69) is 0 Å². The number of benzene rings is 1. The molecule has 23 heavy (non-hydrogen) atoms. The van der Waals surface area contributed by atoms with Crippen molar-refractivity contribution in [2.75, 3.05) is 12.1 Å². The second-order valence-electron chi connectivity index (χ2n) is 5.55. The first-order valence-electron chi connectivity index (χ1n) is 7.14. The minimum absolute atomic E-state index is 0.199. The monoisotopic (exact) mass is 348 g/mol. The van der Waals surface area contributed by atoms with E-state index in [0.717, 1.165) is 15.5 Å². The van der Waals surface area contributed by atoms with Gasteiger partial charge in [0.1, 0.15) is 12.0 Å². The van der Waals surface area contributed by atoms with E-state index in [4.69, 9.17) is 16.4 Å². The number of hydroxylamine groups is 1. The highest BCUT2D eigenvalue weighted by atomic mass is 35.5. The second-order valence-corrected chi connectivity index (χ2v) is 6.97. The predicted molar refractivity (Wildman–Crippen MR) is 87.1 cm³/mol. The number of amides is 2. The first-order chi connectivity index (χ1) is 11.1. The lowest BCUT2D eigenvalue weighted by atomic mass is 9.95. The van der Waals surface area contributed by atoms with E-state index >= 15 is 0 Å². The lowest BCUT2D eigenvalue weighted by Gasteiger charge is -2.27. The van der Waals surface area contributed by atoms with E-state index in [1.807, 2.05) is 29.6 Å². The highest BCUT2D eigenvalue weighted by Crippen LogP contribution is 2.47. The molecule has 4 rings (SSSR count). The van der Waals surface area contributed by atoms with Gasteiger partial charge in [0.25, 0.3) is 5.91 Å². The van der Waals surface area contributed by atoms with Crippen molar-refractivity contribution in [1.82, 2.24) is 4.90 Å². The molecule has 0 unspecified atom stereocenters. The summed E-state index contributed by atoms with van der Waals surface area (Å²) in [5, 5.41) is 4.24. The lowest BCUT2D eigenvalue weighted by molar-refractivity contribution is -0.141. The highest BCUT2D eigenvalue weighted by molar-refractivity contribution is 7.10. The van der Waals surface area contributed by atoms with Gasteiger partial charge in [-0.25, -0.2) is 5.06 Å². The second kappa shape index (κ2) is 5.33. The summed E-state index contributed by atoms with van der Waals surface area (Å²) in [5.74, 6) is -1.02. The van der Waals surface area contributed by atoms with Crippen LogP contribution < -0.4 is 5.06 Å². The van der Waals surface area contributed by atoms with Crippen molar-refractivity contribution in [3.05, 3.63) is 51.7 Å². The van der Waals surface area contributed by atoms with Crippen LogP contribution in [0, 0.1) is 5.92 Å². The number of hydrogen-bond acceptors (Lipinski definition) is 5. The van der Waals surface area contributed by atoms with Crippen molar-refractivity contribution in [1.29, 1.82) is 0 Å². The van der Waals surface area contributed by atoms with Crippen LogP contribution in [-0.4, -0.2) is 29.9 Å². The van der Waals surface area contributed by atoms with Gasteiger partial charge < -0.3 is 0 Å². The molecule has 5 nitrogen and oxygen atoms in total. The minimum atomic E-state index is -0.768. The lowest BCUT2D eigenvalue weighted by Crippen LogP contribution is -2.34. The number of carbonyl (C=O) groups excluding carboxylic acids is 2. The van der Waals surface area contributed by atoms with Gasteiger partial charge in [0.2, 0.25) is 5.91 Å². The van der Waals surface area contributed by atoms with Crippen molar-refractivity contribution >= 4 is 40.4 Å². The van der Waals surface area contributed by atoms with Crippen molar-refractivity contribution in [2.45, 2.75) is 12.1 Å². The van der Waals surface area contributed by atoms with Crippen LogP contribution in [0.3, 0.4) is 0 Å². The maximum absolute atomic E-state index is 12.5. The number of likely N-dealkylation sites (N-methyl/N-ethyl adjacent to an activating group) is 1. The Bertz CT molecular complexity index is 762. The first kappa shape index (κ1) is 14.7. The van der Waals surface area contributed by atoms with Crippen LogP contribution in [0.1, 0.15) is 10.9 Å². The Balaban J connectivity index is 1.79. The number of hydrogen-bond donors (Lipinski definition) is 0. The number of halogens is 1. The van der Waals surface area contributed by atoms with Crippen LogP contribution in [0.4, 0.5) is 5.69 Å². The fraction of sp³-hybridized carbons (Fsp3) is 0.250. The molecule has 2 aliphatic rings. The van der Waals surface area contributed by atoms with Gasteiger partial charge in [-0.3, -0.25) is 19.3 Å². The number of carbonyl (C=O) groups is 2. The van der Waals surface area contributed by atoms with E-state index in [0.29, 0.717) is 5.02 Å². The van der Waals surface area contributed by atoms with E-state index in [1.54, 1.807) is 28.5 Å². The number of imide groups is 1.